The quantitative estimate of drug-likeness (QED) is 0.278. The summed E-state index contributed by atoms with van der Waals surface area (Å²) in [7, 11) is 0. The molecule has 0 aromatic heterocycles. The number of alkyl halides is 3. The molecule has 10 heteroatoms. The van der Waals surface area contributed by atoms with Crippen LogP contribution in [-0.2, 0) is 11.0 Å². The third kappa shape index (κ3) is 4.93. The maximum absolute atomic E-state index is 13.2. The summed E-state index contributed by atoms with van der Waals surface area (Å²) in [5.74, 6) is -2.67. The van der Waals surface area contributed by atoms with Crippen LogP contribution in [0.3, 0.4) is 0 Å². The van der Waals surface area contributed by atoms with Crippen LogP contribution >= 0.6 is 0 Å². The highest BCUT2D eigenvalue weighted by atomic mass is 19.4. The lowest BCUT2D eigenvalue weighted by Gasteiger charge is -2.16. The second kappa shape index (κ2) is 6.91. The number of carboxylic acids is 1. The van der Waals surface area contributed by atoms with Crippen molar-refractivity contribution in [3.05, 3.63) is 45.6 Å². The van der Waals surface area contributed by atoms with E-state index in [4.69, 9.17) is 10.6 Å². The Kier molecular flexibility index (Phi) is 5.51. The average Bonchev–Trinajstić information content (AvgIpc) is 2.36. The minimum atomic E-state index is -4.79. The van der Waals surface area contributed by atoms with Gasteiger partial charge < -0.3 is 10.4 Å². The van der Waals surface area contributed by atoms with Gasteiger partial charge in [-0.3, -0.25) is 4.79 Å². The van der Waals surface area contributed by atoms with Gasteiger partial charge >= 0.3 is 12.1 Å². The number of carbonyl (C=O) groups is 1. The molecule has 0 heterocycles. The Morgan fingerprint density at radius 3 is 2.62 bits per heavy atom. The first kappa shape index (κ1) is 16.7. The van der Waals surface area contributed by atoms with Gasteiger partial charge in [0, 0.05) is 18.0 Å². The zero-order valence-electron chi connectivity index (χ0n) is 10.4. The molecule has 1 aromatic carbocycles. The molecule has 114 valence electrons. The Balaban J connectivity index is 3.05. The molecule has 0 radical (unpaired) electrons. The van der Waals surface area contributed by atoms with Crippen LogP contribution in [-0.4, -0.2) is 24.2 Å². The first-order valence-electron chi connectivity index (χ1n) is 5.60. The zero-order valence-corrected chi connectivity index (χ0v) is 10.4. The van der Waals surface area contributed by atoms with Crippen LogP contribution < -0.4 is 5.32 Å². The summed E-state index contributed by atoms with van der Waals surface area (Å²) in [6, 6.07) is -0.00458. The molecule has 6 nitrogen and oxygen atoms in total. The minimum absolute atomic E-state index is 0.0844. The number of hydrogen-bond acceptors (Lipinski definition) is 3. The molecule has 1 unspecified atom stereocenters. The number of hydrogen-bond donors (Lipinski definition) is 2. The Labute approximate surface area is 116 Å². The van der Waals surface area contributed by atoms with Gasteiger partial charge in [-0.15, -0.1) is 0 Å². The number of halogens is 4. The molecule has 0 bridgehead atoms. The molecular formula is C11H10F4N4O2. The average molecular weight is 306 g/mol. The van der Waals surface area contributed by atoms with E-state index in [1.165, 1.54) is 0 Å². The van der Waals surface area contributed by atoms with Gasteiger partial charge in [0.2, 0.25) is 0 Å². The Hall–Kier alpha value is -2.32. The van der Waals surface area contributed by atoms with Crippen LogP contribution in [0.1, 0.15) is 17.2 Å². The van der Waals surface area contributed by atoms with Gasteiger partial charge in [0.05, 0.1) is 5.56 Å². The van der Waals surface area contributed by atoms with Crippen molar-refractivity contribution in [3.63, 3.8) is 0 Å². The summed E-state index contributed by atoms with van der Waals surface area (Å²) in [6.45, 7) is -0.180. The molecule has 0 aliphatic carbocycles. The molecule has 0 aliphatic heterocycles. The van der Waals surface area contributed by atoms with Gasteiger partial charge in [0.1, 0.15) is 11.9 Å². The van der Waals surface area contributed by atoms with Gasteiger partial charge in [-0.05, 0) is 29.3 Å². The number of aliphatic carboxylic acids is 1. The third-order valence-electron chi connectivity index (χ3n) is 2.45. The molecule has 21 heavy (non-hydrogen) atoms. The molecular weight excluding hydrogens is 296 g/mol. The van der Waals surface area contributed by atoms with E-state index in [2.05, 4.69) is 15.3 Å². The van der Waals surface area contributed by atoms with Crippen LogP contribution in [0.4, 0.5) is 17.6 Å². The fourth-order valence-electron chi connectivity index (χ4n) is 1.59. The summed E-state index contributed by atoms with van der Waals surface area (Å²) in [4.78, 5) is 13.5. The second-order valence-corrected chi connectivity index (χ2v) is 3.95. The van der Waals surface area contributed by atoms with Crippen molar-refractivity contribution in [2.75, 3.05) is 13.1 Å². The van der Waals surface area contributed by atoms with E-state index in [1.54, 1.807) is 0 Å². The Morgan fingerprint density at radius 1 is 1.43 bits per heavy atom. The van der Waals surface area contributed by atoms with Crippen LogP contribution in [0.15, 0.2) is 23.3 Å². The second-order valence-electron chi connectivity index (χ2n) is 3.95. The fraction of sp³-hybridized carbons (Fsp3) is 0.364. The van der Waals surface area contributed by atoms with E-state index in [9.17, 15) is 22.4 Å². The number of rotatable bonds is 6. The topological polar surface area (TPSA) is 98.1 Å². The zero-order chi connectivity index (χ0) is 16.0. The maximum atomic E-state index is 13.2. The first-order chi connectivity index (χ1) is 9.75. The van der Waals surface area contributed by atoms with Crippen molar-refractivity contribution >= 4 is 5.97 Å². The fourth-order valence-corrected chi connectivity index (χ4v) is 1.59. The van der Waals surface area contributed by atoms with Gasteiger partial charge in [0.25, 0.3) is 0 Å². The lowest BCUT2D eigenvalue weighted by molar-refractivity contribution is -0.140. The van der Waals surface area contributed by atoms with Crippen molar-refractivity contribution in [1.82, 2.24) is 5.32 Å². The largest absolute Gasteiger partial charge is 0.480 e. The summed E-state index contributed by atoms with van der Waals surface area (Å²) in [5.41, 5.74) is 6.40. The molecule has 0 aliphatic rings. The first-order valence-corrected chi connectivity index (χ1v) is 5.60. The number of azide groups is 1. The lowest BCUT2D eigenvalue weighted by Crippen LogP contribution is -2.30. The highest BCUT2D eigenvalue weighted by Gasteiger charge is 2.32. The lowest BCUT2D eigenvalue weighted by atomic mass is 10.0. The molecule has 1 aromatic rings. The van der Waals surface area contributed by atoms with Gasteiger partial charge in [-0.25, -0.2) is 4.39 Å². The molecule has 0 spiro atoms. The molecule has 0 saturated heterocycles. The van der Waals surface area contributed by atoms with Gasteiger partial charge in [0.15, 0.2) is 0 Å². The maximum Gasteiger partial charge on any atom is 0.416 e. The van der Waals surface area contributed by atoms with Crippen molar-refractivity contribution < 1.29 is 27.5 Å². The number of nitrogens with one attached hydrogen (secondary N) is 1. The van der Waals surface area contributed by atoms with Crippen molar-refractivity contribution in [3.8, 4) is 0 Å². The summed E-state index contributed by atoms with van der Waals surface area (Å²) in [5, 5.41) is 14.5. The molecule has 1 atom stereocenters. The standard InChI is InChI=1S/C11H10F4N4O2/c12-8-4-6(3-7(5-8)11(13,14)15)9(10(20)21)17-1-2-18-19-16/h3-5,9,17H,1-2H2,(H,20,21). The predicted molar refractivity (Wildman–Crippen MR) is 63.8 cm³/mol. The Morgan fingerprint density at radius 2 is 2.10 bits per heavy atom. The summed E-state index contributed by atoms with van der Waals surface area (Å²) < 4.78 is 51.0. The van der Waals surface area contributed by atoms with Crippen molar-refractivity contribution in [2.45, 2.75) is 12.2 Å². The van der Waals surface area contributed by atoms with E-state index in [0.29, 0.717) is 12.1 Å². The minimum Gasteiger partial charge on any atom is -0.480 e. The Bertz CT molecular complexity index is 570. The molecule has 0 fully saturated rings. The number of benzene rings is 1. The van der Waals surface area contributed by atoms with E-state index in [0.717, 1.165) is 0 Å². The summed E-state index contributed by atoms with van der Waals surface area (Å²) >= 11 is 0. The van der Waals surface area contributed by atoms with Crippen molar-refractivity contribution in [1.29, 1.82) is 0 Å². The molecule has 1 rings (SSSR count). The molecule has 2 N–H and O–H groups in total. The highest BCUT2D eigenvalue weighted by molar-refractivity contribution is 5.75. The van der Waals surface area contributed by atoms with E-state index in [1.807, 2.05) is 0 Å². The molecule has 0 amide bonds. The predicted octanol–water partition coefficient (Wildman–Crippen LogP) is 2.87. The summed E-state index contributed by atoms with van der Waals surface area (Å²) in [6.07, 6.45) is -4.79. The van der Waals surface area contributed by atoms with E-state index < -0.39 is 29.6 Å². The third-order valence-corrected chi connectivity index (χ3v) is 2.45. The van der Waals surface area contributed by atoms with Crippen LogP contribution in [0.2, 0.25) is 0 Å². The van der Waals surface area contributed by atoms with Crippen molar-refractivity contribution in [2.24, 2.45) is 5.11 Å². The van der Waals surface area contributed by atoms with Crippen LogP contribution in [0.25, 0.3) is 10.4 Å². The normalized spacial score (nSPS) is 12.6. The van der Waals surface area contributed by atoms with Gasteiger partial charge in [-0.2, -0.15) is 13.2 Å². The smallest absolute Gasteiger partial charge is 0.416 e. The van der Waals surface area contributed by atoms with Gasteiger partial charge in [-0.1, -0.05) is 5.11 Å². The van der Waals surface area contributed by atoms with E-state index >= 15 is 0 Å². The van der Waals surface area contributed by atoms with Crippen LogP contribution in [0.5, 0.6) is 0 Å². The highest BCUT2D eigenvalue weighted by Crippen LogP contribution is 2.31. The SMILES string of the molecule is [N-]=[N+]=NCCNC(C(=O)O)c1cc(F)cc(C(F)(F)F)c1. The monoisotopic (exact) mass is 306 g/mol. The van der Waals surface area contributed by atoms with Crippen LogP contribution in [0, 0.1) is 5.82 Å². The number of carboxylic acid groups (broad SMARTS) is 1. The number of nitrogens with zero attached hydrogens (tertiary/aromatic N) is 3. The molecule has 0 saturated carbocycles. The van der Waals surface area contributed by atoms with E-state index in [-0.39, 0.29) is 24.7 Å².